The van der Waals surface area contributed by atoms with Gasteiger partial charge in [-0.15, -0.1) is 24.0 Å². The average Bonchev–Trinajstić information content (AvgIpc) is 3.05. The molecule has 1 atom stereocenters. The number of methoxy groups -OCH3 is 1. The first-order chi connectivity index (χ1) is 13.8. The van der Waals surface area contributed by atoms with Crippen LogP contribution in [0.3, 0.4) is 0 Å². The van der Waals surface area contributed by atoms with Gasteiger partial charge in [0.1, 0.15) is 5.75 Å². The van der Waals surface area contributed by atoms with Crippen LogP contribution in [-0.2, 0) is 13.6 Å². The molecule has 0 aliphatic rings. The third kappa shape index (κ3) is 6.87. The van der Waals surface area contributed by atoms with Crippen molar-refractivity contribution in [2.75, 3.05) is 41.8 Å². The van der Waals surface area contributed by atoms with Crippen molar-refractivity contribution in [3.8, 4) is 5.75 Å². The maximum absolute atomic E-state index is 5.28. The minimum absolute atomic E-state index is 0. The van der Waals surface area contributed by atoms with E-state index in [4.69, 9.17) is 4.74 Å². The fourth-order valence-corrected chi connectivity index (χ4v) is 3.49. The van der Waals surface area contributed by atoms with Crippen molar-refractivity contribution in [3.05, 3.63) is 47.3 Å². The van der Waals surface area contributed by atoms with Crippen LogP contribution < -0.4 is 10.1 Å². The van der Waals surface area contributed by atoms with Gasteiger partial charge >= 0.3 is 0 Å². The van der Waals surface area contributed by atoms with E-state index < -0.39 is 0 Å². The van der Waals surface area contributed by atoms with E-state index in [0.717, 1.165) is 30.5 Å². The molecular formula is C22H37IN6O. The molecule has 0 fully saturated rings. The Morgan fingerprint density at radius 3 is 2.33 bits per heavy atom. The molecule has 7 nitrogen and oxygen atoms in total. The molecule has 0 saturated heterocycles. The van der Waals surface area contributed by atoms with E-state index in [-0.39, 0.29) is 30.0 Å². The van der Waals surface area contributed by atoms with Crippen molar-refractivity contribution in [2.45, 2.75) is 32.4 Å². The Hall–Kier alpha value is -1.81. The van der Waals surface area contributed by atoms with Crippen LogP contribution in [-0.4, -0.2) is 67.4 Å². The maximum atomic E-state index is 5.28. The lowest BCUT2D eigenvalue weighted by Crippen LogP contribution is -2.42. The highest BCUT2D eigenvalue weighted by Crippen LogP contribution is 2.21. The summed E-state index contributed by atoms with van der Waals surface area (Å²) in [5.41, 5.74) is 3.60. The van der Waals surface area contributed by atoms with Gasteiger partial charge in [-0.05, 0) is 37.7 Å². The lowest BCUT2D eigenvalue weighted by molar-refractivity contribution is 0.295. The molecule has 0 bridgehead atoms. The van der Waals surface area contributed by atoms with Gasteiger partial charge in [0.2, 0.25) is 0 Å². The molecule has 168 valence electrons. The zero-order valence-electron chi connectivity index (χ0n) is 19.5. The van der Waals surface area contributed by atoms with Gasteiger partial charge in [-0.1, -0.05) is 26.0 Å². The Balaban J connectivity index is 0.00000450. The predicted molar refractivity (Wildman–Crippen MR) is 135 cm³/mol. The number of likely N-dealkylation sites (N-methyl/N-ethyl adjacent to an activating group) is 1. The summed E-state index contributed by atoms with van der Waals surface area (Å²) in [6.45, 7) is 5.86. The quantitative estimate of drug-likeness (QED) is 0.323. The number of aliphatic imine (C=N–C) groups is 1. The third-order valence-corrected chi connectivity index (χ3v) is 5.04. The molecule has 1 aromatic carbocycles. The van der Waals surface area contributed by atoms with Crippen LogP contribution >= 0.6 is 24.0 Å². The first kappa shape index (κ1) is 26.2. The molecule has 1 N–H and O–H groups in total. The molecule has 0 saturated carbocycles. The zero-order valence-corrected chi connectivity index (χ0v) is 21.8. The maximum Gasteiger partial charge on any atom is 0.193 e. The summed E-state index contributed by atoms with van der Waals surface area (Å²) in [6, 6.07) is 8.45. The van der Waals surface area contributed by atoms with Gasteiger partial charge < -0.3 is 19.9 Å². The first-order valence-electron chi connectivity index (χ1n) is 10.0. The second-order valence-electron chi connectivity index (χ2n) is 7.90. The number of rotatable bonds is 8. The number of benzene rings is 1. The van der Waals surface area contributed by atoms with Gasteiger partial charge in [-0.3, -0.25) is 9.67 Å². The van der Waals surface area contributed by atoms with E-state index in [1.54, 1.807) is 7.11 Å². The second kappa shape index (κ2) is 12.1. The Morgan fingerprint density at radius 1 is 1.20 bits per heavy atom. The van der Waals surface area contributed by atoms with Gasteiger partial charge in [0.25, 0.3) is 0 Å². The number of guanidine groups is 1. The highest BCUT2D eigenvalue weighted by atomic mass is 127. The summed E-state index contributed by atoms with van der Waals surface area (Å²) in [4.78, 5) is 8.83. The second-order valence-corrected chi connectivity index (χ2v) is 7.90. The average molecular weight is 528 g/mol. The highest BCUT2D eigenvalue weighted by Gasteiger charge is 2.18. The Labute approximate surface area is 198 Å². The smallest absolute Gasteiger partial charge is 0.193 e. The molecule has 0 aliphatic heterocycles. The Morgan fingerprint density at radius 2 is 1.83 bits per heavy atom. The summed E-state index contributed by atoms with van der Waals surface area (Å²) in [5, 5.41) is 8.14. The number of ether oxygens (including phenoxy) is 1. The molecule has 0 amide bonds. The molecule has 0 spiro atoms. The molecule has 8 heteroatoms. The van der Waals surface area contributed by atoms with Crippen molar-refractivity contribution in [2.24, 2.45) is 12.0 Å². The number of hydrogen-bond donors (Lipinski definition) is 1. The van der Waals surface area contributed by atoms with E-state index in [9.17, 15) is 0 Å². The molecule has 1 aromatic heterocycles. The lowest BCUT2D eigenvalue weighted by atomic mass is 10.1. The standard InChI is InChI=1S/C22H36N6O.HI/c1-16(2)21-18(15-28(7)25-21)14-27(6)22(23-3)24-13-20(26(4)5)17-9-11-19(29-8)12-10-17;/h9-12,15-16,20H,13-14H2,1-8H3,(H,23,24);1H. The van der Waals surface area contributed by atoms with E-state index in [1.165, 1.54) is 11.1 Å². The normalized spacial score (nSPS) is 12.7. The summed E-state index contributed by atoms with van der Waals surface area (Å²) in [6.07, 6.45) is 2.10. The number of aromatic nitrogens is 2. The van der Waals surface area contributed by atoms with Crippen LogP contribution in [0.5, 0.6) is 5.75 Å². The van der Waals surface area contributed by atoms with Gasteiger partial charge in [0.15, 0.2) is 5.96 Å². The largest absolute Gasteiger partial charge is 0.497 e. The predicted octanol–water partition coefficient (Wildman–Crippen LogP) is 3.48. The van der Waals surface area contributed by atoms with Crippen LogP contribution in [0.1, 0.15) is 42.6 Å². The fourth-order valence-electron chi connectivity index (χ4n) is 3.49. The van der Waals surface area contributed by atoms with E-state index >= 15 is 0 Å². The first-order valence-corrected chi connectivity index (χ1v) is 10.0. The van der Waals surface area contributed by atoms with Crippen LogP contribution in [0.2, 0.25) is 0 Å². The molecule has 2 aromatic rings. The van der Waals surface area contributed by atoms with Gasteiger partial charge in [0, 0.05) is 46.0 Å². The fraction of sp³-hybridized carbons (Fsp3) is 0.545. The van der Waals surface area contributed by atoms with Crippen molar-refractivity contribution in [1.82, 2.24) is 24.9 Å². The SMILES string of the molecule is CN=C(NCC(c1ccc(OC)cc1)N(C)C)N(C)Cc1cn(C)nc1C(C)C.I. The summed E-state index contributed by atoms with van der Waals surface area (Å²) in [7, 11) is 11.7. The molecule has 2 rings (SSSR count). The summed E-state index contributed by atoms with van der Waals surface area (Å²) >= 11 is 0. The van der Waals surface area contributed by atoms with E-state index in [0.29, 0.717) is 5.92 Å². The van der Waals surface area contributed by atoms with Crippen molar-refractivity contribution >= 4 is 29.9 Å². The van der Waals surface area contributed by atoms with E-state index in [2.05, 4.69) is 78.5 Å². The van der Waals surface area contributed by atoms with Crippen molar-refractivity contribution in [3.63, 3.8) is 0 Å². The Kier molecular flexibility index (Phi) is 10.6. The number of nitrogens with one attached hydrogen (secondary N) is 1. The summed E-state index contributed by atoms with van der Waals surface area (Å²) < 4.78 is 7.17. The van der Waals surface area contributed by atoms with Crippen molar-refractivity contribution < 1.29 is 4.74 Å². The van der Waals surface area contributed by atoms with E-state index in [1.807, 2.05) is 30.9 Å². The Bertz CT molecular complexity index is 800. The van der Waals surface area contributed by atoms with Crippen LogP contribution in [0.25, 0.3) is 0 Å². The number of nitrogens with zero attached hydrogens (tertiary/aromatic N) is 5. The van der Waals surface area contributed by atoms with Crippen LogP contribution in [0.15, 0.2) is 35.5 Å². The molecule has 0 aliphatic carbocycles. The lowest BCUT2D eigenvalue weighted by Gasteiger charge is -2.28. The zero-order chi connectivity index (χ0) is 21.6. The van der Waals surface area contributed by atoms with Crippen LogP contribution in [0, 0.1) is 0 Å². The van der Waals surface area contributed by atoms with Gasteiger partial charge in [-0.25, -0.2) is 0 Å². The number of hydrogen-bond acceptors (Lipinski definition) is 4. The minimum Gasteiger partial charge on any atom is -0.497 e. The molecule has 0 radical (unpaired) electrons. The minimum atomic E-state index is 0. The topological polar surface area (TPSA) is 57.9 Å². The molecule has 1 unspecified atom stereocenters. The third-order valence-electron chi connectivity index (χ3n) is 5.04. The molecule has 1 heterocycles. The molecule has 30 heavy (non-hydrogen) atoms. The highest BCUT2D eigenvalue weighted by molar-refractivity contribution is 14.0. The van der Waals surface area contributed by atoms with Crippen LogP contribution in [0.4, 0.5) is 0 Å². The number of aryl methyl sites for hydroxylation is 1. The number of halogens is 1. The van der Waals surface area contributed by atoms with Gasteiger partial charge in [-0.2, -0.15) is 5.10 Å². The van der Waals surface area contributed by atoms with Gasteiger partial charge in [0.05, 0.1) is 18.8 Å². The van der Waals surface area contributed by atoms with Crippen molar-refractivity contribution in [1.29, 1.82) is 0 Å². The molecular weight excluding hydrogens is 491 g/mol. The monoisotopic (exact) mass is 528 g/mol. The summed E-state index contributed by atoms with van der Waals surface area (Å²) in [5.74, 6) is 2.12.